The van der Waals surface area contributed by atoms with Crippen molar-refractivity contribution in [1.82, 2.24) is 10.2 Å². The number of nitrogens with zero attached hydrogens (tertiary/aromatic N) is 1. The highest BCUT2D eigenvalue weighted by molar-refractivity contribution is 4.76. The number of nitrogens with one attached hydrogen (secondary N) is 1. The lowest BCUT2D eigenvalue weighted by atomic mass is 10.0. The fraction of sp³-hybridized carbons (Fsp3) is 1.00. The largest absolute Gasteiger partial charge is 0.314 e. The standard InChI is InChI=1S/C15H32N2/c1-3-5-6-7-8-9-12-16-15-10-13-17(4-2)14-11-15/h15-16H,3-14H2,1-2H3. The molecule has 1 aliphatic heterocycles. The second kappa shape index (κ2) is 9.90. The summed E-state index contributed by atoms with van der Waals surface area (Å²) in [5.74, 6) is 0. The van der Waals surface area contributed by atoms with Gasteiger partial charge in [-0.3, -0.25) is 0 Å². The minimum absolute atomic E-state index is 0.799. The Hall–Kier alpha value is -0.0800. The molecule has 17 heavy (non-hydrogen) atoms. The summed E-state index contributed by atoms with van der Waals surface area (Å²) in [6, 6.07) is 0.799. The van der Waals surface area contributed by atoms with Crippen molar-refractivity contribution < 1.29 is 0 Å². The molecule has 1 rings (SSSR count). The van der Waals surface area contributed by atoms with E-state index in [1.807, 2.05) is 0 Å². The van der Waals surface area contributed by atoms with Gasteiger partial charge in [-0.1, -0.05) is 46.0 Å². The summed E-state index contributed by atoms with van der Waals surface area (Å²) < 4.78 is 0. The Labute approximate surface area is 108 Å². The average Bonchev–Trinajstić information content (AvgIpc) is 2.38. The normalized spacial score (nSPS) is 18.7. The highest BCUT2D eigenvalue weighted by atomic mass is 15.1. The first-order valence-electron chi connectivity index (χ1n) is 7.82. The van der Waals surface area contributed by atoms with Gasteiger partial charge >= 0.3 is 0 Å². The van der Waals surface area contributed by atoms with Crippen LogP contribution in [0.1, 0.15) is 65.2 Å². The summed E-state index contributed by atoms with van der Waals surface area (Å²) in [7, 11) is 0. The summed E-state index contributed by atoms with van der Waals surface area (Å²) >= 11 is 0. The third-order valence-corrected chi connectivity index (χ3v) is 4.00. The molecular weight excluding hydrogens is 208 g/mol. The van der Waals surface area contributed by atoms with E-state index < -0.39 is 0 Å². The minimum atomic E-state index is 0.799. The molecule has 0 aromatic carbocycles. The number of hydrogen-bond donors (Lipinski definition) is 1. The van der Waals surface area contributed by atoms with E-state index in [0.717, 1.165) is 6.04 Å². The lowest BCUT2D eigenvalue weighted by molar-refractivity contribution is 0.206. The molecule has 1 fully saturated rings. The van der Waals surface area contributed by atoms with Gasteiger partial charge in [-0.05, 0) is 45.4 Å². The Morgan fingerprint density at radius 2 is 1.59 bits per heavy atom. The number of unbranched alkanes of at least 4 members (excludes halogenated alkanes) is 5. The summed E-state index contributed by atoms with van der Waals surface area (Å²) in [6.07, 6.45) is 11.1. The van der Waals surface area contributed by atoms with Crippen LogP contribution in [-0.2, 0) is 0 Å². The quantitative estimate of drug-likeness (QED) is 0.621. The predicted octanol–water partition coefficient (Wildman–Crippen LogP) is 3.42. The van der Waals surface area contributed by atoms with Crippen molar-refractivity contribution in [2.45, 2.75) is 71.3 Å². The summed E-state index contributed by atoms with van der Waals surface area (Å²) in [4.78, 5) is 2.56. The highest BCUT2D eigenvalue weighted by Gasteiger charge is 2.16. The lowest BCUT2D eigenvalue weighted by Crippen LogP contribution is -2.42. The van der Waals surface area contributed by atoms with E-state index in [4.69, 9.17) is 0 Å². The van der Waals surface area contributed by atoms with Gasteiger partial charge in [-0.15, -0.1) is 0 Å². The van der Waals surface area contributed by atoms with Crippen molar-refractivity contribution in [2.24, 2.45) is 0 Å². The maximum Gasteiger partial charge on any atom is 0.00914 e. The van der Waals surface area contributed by atoms with Gasteiger partial charge in [-0.2, -0.15) is 0 Å². The van der Waals surface area contributed by atoms with E-state index in [1.54, 1.807) is 0 Å². The molecule has 1 heterocycles. The van der Waals surface area contributed by atoms with E-state index >= 15 is 0 Å². The van der Waals surface area contributed by atoms with Crippen molar-refractivity contribution in [3.05, 3.63) is 0 Å². The summed E-state index contributed by atoms with van der Waals surface area (Å²) in [5.41, 5.74) is 0. The molecule has 0 radical (unpaired) electrons. The third-order valence-electron chi connectivity index (χ3n) is 4.00. The van der Waals surface area contributed by atoms with Crippen LogP contribution in [0, 0.1) is 0 Å². The van der Waals surface area contributed by atoms with Crippen LogP contribution in [0.3, 0.4) is 0 Å². The van der Waals surface area contributed by atoms with Gasteiger partial charge in [0.1, 0.15) is 0 Å². The Kier molecular flexibility index (Phi) is 8.72. The third kappa shape index (κ3) is 7.05. The smallest absolute Gasteiger partial charge is 0.00914 e. The molecule has 0 aromatic rings. The van der Waals surface area contributed by atoms with Crippen LogP contribution in [0.5, 0.6) is 0 Å². The minimum Gasteiger partial charge on any atom is -0.314 e. The fourth-order valence-corrected chi connectivity index (χ4v) is 2.66. The molecule has 2 nitrogen and oxygen atoms in total. The Morgan fingerprint density at radius 3 is 2.24 bits per heavy atom. The first kappa shape index (κ1) is 15.0. The van der Waals surface area contributed by atoms with Crippen LogP contribution < -0.4 is 5.32 Å². The first-order valence-corrected chi connectivity index (χ1v) is 7.82. The van der Waals surface area contributed by atoms with E-state index in [9.17, 15) is 0 Å². The highest BCUT2D eigenvalue weighted by Crippen LogP contribution is 2.10. The van der Waals surface area contributed by atoms with E-state index in [-0.39, 0.29) is 0 Å². The fourth-order valence-electron chi connectivity index (χ4n) is 2.66. The predicted molar refractivity (Wildman–Crippen MR) is 76.5 cm³/mol. The van der Waals surface area contributed by atoms with Crippen molar-refractivity contribution in [3.8, 4) is 0 Å². The topological polar surface area (TPSA) is 15.3 Å². The van der Waals surface area contributed by atoms with Crippen molar-refractivity contribution in [2.75, 3.05) is 26.2 Å². The molecule has 2 heteroatoms. The van der Waals surface area contributed by atoms with Gasteiger partial charge < -0.3 is 10.2 Å². The molecular formula is C15H32N2. The zero-order valence-electron chi connectivity index (χ0n) is 12.0. The van der Waals surface area contributed by atoms with Crippen LogP contribution in [0.2, 0.25) is 0 Å². The van der Waals surface area contributed by atoms with Gasteiger partial charge in [0.15, 0.2) is 0 Å². The molecule has 0 amide bonds. The number of likely N-dealkylation sites (tertiary alicyclic amines) is 1. The summed E-state index contributed by atoms with van der Waals surface area (Å²) in [6.45, 7) is 9.61. The molecule has 0 atom stereocenters. The van der Waals surface area contributed by atoms with E-state index in [1.165, 1.54) is 77.5 Å². The molecule has 0 aromatic heterocycles. The maximum atomic E-state index is 3.73. The van der Waals surface area contributed by atoms with E-state index in [0.29, 0.717) is 0 Å². The van der Waals surface area contributed by atoms with Gasteiger partial charge in [0, 0.05) is 6.04 Å². The maximum absolute atomic E-state index is 3.73. The Morgan fingerprint density at radius 1 is 0.941 bits per heavy atom. The van der Waals surface area contributed by atoms with Crippen LogP contribution in [-0.4, -0.2) is 37.1 Å². The molecule has 1 saturated heterocycles. The van der Waals surface area contributed by atoms with Gasteiger partial charge in [0.25, 0.3) is 0 Å². The average molecular weight is 240 g/mol. The number of hydrogen-bond acceptors (Lipinski definition) is 2. The van der Waals surface area contributed by atoms with Gasteiger partial charge in [0.05, 0.1) is 0 Å². The monoisotopic (exact) mass is 240 g/mol. The zero-order chi connectivity index (χ0) is 12.3. The van der Waals surface area contributed by atoms with Crippen LogP contribution in [0.25, 0.3) is 0 Å². The molecule has 0 aliphatic carbocycles. The SMILES string of the molecule is CCCCCCCCNC1CCN(CC)CC1. The van der Waals surface area contributed by atoms with Crippen molar-refractivity contribution in [1.29, 1.82) is 0 Å². The number of piperidine rings is 1. The van der Waals surface area contributed by atoms with Crippen LogP contribution in [0.15, 0.2) is 0 Å². The first-order chi connectivity index (χ1) is 8.36. The van der Waals surface area contributed by atoms with E-state index in [2.05, 4.69) is 24.1 Å². The van der Waals surface area contributed by atoms with Gasteiger partial charge in [-0.25, -0.2) is 0 Å². The second-order valence-electron chi connectivity index (χ2n) is 5.43. The number of rotatable bonds is 9. The lowest BCUT2D eigenvalue weighted by Gasteiger charge is -2.31. The Bertz CT molecular complexity index is 162. The summed E-state index contributed by atoms with van der Waals surface area (Å²) in [5, 5.41) is 3.73. The Balaban J connectivity index is 1.87. The molecule has 102 valence electrons. The molecule has 0 spiro atoms. The van der Waals surface area contributed by atoms with Gasteiger partial charge in [0.2, 0.25) is 0 Å². The van der Waals surface area contributed by atoms with Crippen LogP contribution in [0.4, 0.5) is 0 Å². The molecule has 1 aliphatic rings. The van der Waals surface area contributed by atoms with Crippen molar-refractivity contribution >= 4 is 0 Å². The second-order valence-corrected chi connectivity index (χ2v) is 5.43. The van der Waals surface area contributed by atoms with Crippen LogP contribution >= 0.6 is 0 Å². The molecule has 0 bridgehead atoms. The molecule has 0 saturated carbocycles. The van der Waals surface area contributed by atoms with Crippen molar-refractivity contribution in [3.63, 3.8) is 0 Å². The zero-order valence-corrected chi connectivity index (χ0v) is 12.0. The molecule has 0 unspecified atom stereocenters. The molecule has 1 N–H and O–H groups in total.